The molecule has 2 saturated heterocycles. The minimum absolute atomic E-state index is 0.0104. The fourth-order valence-corrected chi connectivity index (χ4v) is 3.66. The van der Waals surface area contributed by atoms with Crippen LogP contribution in [0.15, 0.2) is 0 Å². The maximum Gasteiger partial charge on any atom is 0.230 e. The third-order valence-corrected chi connectivity index (χ3v) is 4.44. The van der Waals surface area contributed by atoms with E-state index in [4.69, 9.17) is 18.0 Å². The molecule has 0 bridgehead atoms. The Hall–Kier alpha value is -0.680. The van der Waals surface area contributed by atoms with E-state index in [9.17, 15) is 4.79 Å². The first kappa shape index (κ1) is 13.7. The molecule has 0 aromatic rings. The molecule has 4 nitrogen and oxygen atoms in total. The number of nitrogens with one attached hydrogen (secondary N) is 1. The number of carbonyl (C=O) groups is 1. The van der Waals surface area contributed by atoms with Crippen molar-refractivity contribution in [3.63, 3.8) is 0 Å². The highest BCUT2D eigenvalue weighted by Gasteiger charge is 2.39. The molecule has 2 fully saturated rings. The van der Waals surface area contributed by atoms with Crippen molar-refractivity contribution in [2.24, 2.45) is 17.6 Å². The molecule has 3 N–H and O–H groups in total. The van der Waals surface area contributed by atoms with Crippen molar-refractivity contribution in [2.75, 3.05) is 13.1 Å². The maximum absolute atomic E-state index is 12.3. The van der Waals surface area contributed by atoms with Gasteiger partial charge in [0.1, 0.15) is 0 Å². The summed E-state index contributed by atoms with van der Waals surface area (Å²) in [6.07, 6.45) is 3.50. The van der Waals surface area contributed by atoms with Gasteiger partial charge in [-0.05, 0) is 31.7 Å². The van der Waals surface area contributed by atoms with Gasteiger partial charge in [0.2, 0.25) is 5.91 Å². The van der Waals surface area contributed by atoms with Gasteiger partial charge >= 0.3 is 0 Å². The van der Waals surface area contributed by atoms with E-state index in [1.807, 2.05) is 13.8 Å². The highest BCUT2D eigenvalue weighted by molar-refractivity contribution is 7.80. The summed E-state index contributed by atoms with van der Waals surface area (Å²) < 4.78 is 0. The van der Waals surface area contributed by atoms with Crippen molar-refractivity contribution in [3.8, 4) is 0 Å². The normalized spacial score (nSPS) is 29.3. The molecule has 0 radical (unpaired) electrons. The van der Waals surface area contributed by atoms with Crippen molar-refractivity contribution < 1.29 is 4.79 Å². The molecule has 5 heteroatoms. The number of hydrogen-bond donors (Lipinski definition) is 2. The summed E-state index contributed by atoms with van der Waals surface area (Å²) >= 11 is 5.01. The minimum Gasteiger partial charge on any atom is -0.393 e. The molecule has 0 spiro atoms. The zero-order valence-electron chi connectivity index (χ0n) is 11.2. The van der Waals surface area contributed by atoms with E-state index in [0.717, 1.165) is 13.0 Å². The van der Waals surface area contributed by atoms with Crippen LogP contribution in [0.5, 0.6) is 0 Å². The van der Waals surface area contributed by atoms with E-state index >= 15 is 0 Å². The number of carbonyl (C=O) groups excluding carboxylic acids is 1. The first-order valence-electron chi connectivity index (χ1n) is 6.84. The van der Waals surface area contributed by atoms with Gasteiger partial charge in [-0.25, -0.2) is 0 Å². The van der Waals surface area contributed by atoms with Crippen molar-refractivity contribution >= 4 is 23.1 Å². The van der Waals surface area contributed by atoms with Crippen molar-refractivity contribution in [1.82, 2.24) is 10.2 Å². The van der Waals surface area contributed by atoms with E-state index in [1.165, 1.54) is 19.4 Å². The Morgan fingerprint density at radius 3 is 2.72 bits per heavy atom. The van der Waals surface area contributed by atoms with Crippen LogP contribution in [0.1, 0.15) is 33.1 Å². The highest BCUT2D eigenvalue weighted by atomic mass is 32.1. The number of nitrogens with zero attached hydrogens (tertiary/aromatic N) is 1. The van der Waals surface area contributed by atoms with E-state index < -0.39 is 0 Å². The predicted molar refractivity (Wildman–Crippen MR) is 76.3 cm³/mol. The largest absolute Gasteiger partial charge is 0.393 e. The van der Waals surface area contributed by atoms with Gasteiger partial charge < -0.3 is 11.1 Å². The van der Waals surface area contributed by atoms with E-state index in [-0.39, 0.29) is 23.8 Å². The van der Waals surface area contributed by atoms with Crippen LogP contribution in [0.2, 0.25) is 0 Å². The van der Waals surface area contributed by atoms with E-state index in [1.54, 1.807) is 0 Å². The summed E-state index contributed by atoms with van der Waals surface area (Å²) in [5, 5.41) is 3.16. The number of thiocarbonyl (C=S) groups is 1. The van der Waals surface area contributed by atoms with E-state index in [2.05, 4.69) is 10.2 Å². The Labute approximate surface area is 114 Å². The summed E-state index contributed by atoms with van der Waals surface area (Å²) in [6.45, 7) is 6.26. The minimum atomic E-state index is -0.338. The lowest BCUT2D eigenvalue weighted by atomic mass is 9.94. The van der Waals surface area contributed by atoms with Crippen molar-refractivity contribution in [3.05, 3.63) is 0 Å². The molecule has 2 rings (SSSR count). The van der Waals surface area contributed by atoms with Crippen LogP contribution in [-0.4, -0.2) is 41.0 Å². The zero-order valence-corrected chi connectivity index (χ0v) is 12.0. The zero-order chi connectivity index (χ0) is 13.3. The van der Waals surface area contributed by atoms with Crippen molar-refractivity contribution in [2.45, 2.75) is 45.2 Å². The second-order valence-electron chi connectivity index (χ2n) is 5.77. The van der Waals surface area contributed by atoms with Gasteiger partial charge in [-0.3, -0.25) is 9.69 Å². The second-order valence-corrected chi connectivity index (χ2v) is 6.24. The highest BCUT2D eigenvalue weighted by Crippen LogP contribution is 2.28. The van der Waals surface area contributed by atoms with Gasteiger partial charge in [0.05, 0.1) is 10.9 Å². The molecule has 18 heavy (non-hydrogen) atoms. The van der Waals surface area contributed by atoms with Crippen LogP contribution in [0.3, 0.4) is 0 Å². The van der Waals surface area contributed by atoms with Crippen LogP contribution in [0.4, 0.5) is 0 Å². The molecule has 0 saturated carbocycles. The Morgan fingerprint density at radius 2 is 2.11 bits per heavy atom. The van der Waals surface area contributed by atoms with Gasteiger partial charge in [0.15, 0.2) is 0 Å². The average molecular weight is 269 g/mol. The quantitative estimate of drug-likeness (QED) is 0.745. The number of amides is 1. The van der Waals surface area contributed by atoms with Gasteiger partial charge in [-0.15, -0.1) is 0 Å². The van der Waals surface area contributed by atoms with Crippen molar-refractivity contribution in [1.29, 1.82) is 0 Å². The summed E-state index contributed by atoms with van der Waals surface area (Å²) in [4.78, 5) is 15.1. The predicted octanol–water partition coefficient (Wildman–Crippen LogP) is 0.898. The Kier molecular flexibility index (Phi) is 4.22. The molecular formula is C13H23N3OS. The number of rotatable bonds is 4. The summed E-state index contributed by atoms with van der Waals surface area (Å²) in [6, 6.07) is 0.823. The lowest BCUT2D eigenvalue weighted by Crippen LogP contribution is -2.48. The SMILES string of the molecule is CC(C)C(C(=O)NC1CCN2CCCC12)C(N)=S. The van der Waals surface area contributed by atoms with Gasteiger partial charge in [-0.1, -0.05) is 26.1 Å². The smallest absolute Gasteiger partial charge is 0.230 e. The monoisotopic (exact) mass is 269 g/mol. The first-order valence-corrected chi connectivity index (χ1v) is 7.25. The maximum atomic E-state index is 12.3. The lowest BCUT2D eigenvalue weighted by molar-refractivity contribution is -0.124. The van der Waals surface area contributed by atoms with Crippen LogP contribution >= 0.6 is 12.2 Å². The second kappa shape index (κ2) is 5.53. The molecule has 0 aromatic carbocycles. The van der Waals surface area contributed by atoms with Crippen LogP contribution in [0.25, 0.3) is 0 Å². The molecule has 3 atom stereocenters. The third-order valence-electron chi connectivity index (χ3n) is 4.19. The Balaban J connectivity index is 1.96. The molecule has 2 aliphatic rings. The summed E-state index contributed by atoms with van der Waals surface area (Å²) in [7, 11) is 0. The summed E-state index contributed by atoms with van der Waals surface area (Å²) in [5.74, 6) is -0.171. The number of hydrogen-bond acceptors (Lipinski definition) is 3. The molecule has 0 aromatic heterocycles. The standard InChI is InChI=1S/C13H23N3OS/c1-8(2)11(12(14)18)13(17)15-9-5-7-16-6-3-4-10(9)16/h8-11H,3-7H2,1-2H3,(H2,14,18)(H,15,17). The van der Waals surface area contributed by atoms with E-state index in [0.29, 0.717) is 11.0 Å². The van der Waals surface area contributed by atoms with Crippen LogP contribution in [-0.2, 0) is 4.79 Å². The third kappa shape index (κ3) is 2.67. The molecule has 2 aliphatic heterocycles. The molecular weight excluding hydrogens is 246 g/mol. The molecule has 0 aliphatic carbocycles. The Morgan fingerprint density at radius 1 is 1.39 bits per heavy atom. The van der Waals surface area contributed by atoms with Gasteiger partial charge in [0, 0.05) is 18.6 Å². The number of fused-ring (bicyclic) bond motifs is 1. The lowest BCUT2D eigenvalue weighted by Gasteiger charge is -2.25. The number of nitrogens with two attached hydrogens (primary N) is 1. The van der Waals surface area contributed by atoms with Crippen LogP contribution < -0.4 is 11.1 Å². The van der Waals surface area contributed by atoms with Crippen LogP contribution in [0, 0.1) is 11.8 Å². The average Bonchev–Trinajstić information content (AvgIpc) is 2.81. The topological polar surface area (TPSA) is 58.4 Å². The summed E-state index contributed by atoms with van der Waals surface area (Å²) in [5.41, 5.74) is 5.68. The van der Waals surface area contributed by atoms with Gasteiger partial charge in [-0.2, -0.15) is 0 Å². The Bertz CT molecular complexity index is 345. The molecule has 2 heterocycles. The molecule has 1 amide bonds. The first-order chi connectivity index (χ1) is 8.50. The van der Waals surface area contributed by atoms with Gasteiger partial charge in [0.25, 0.3) is 0 Å². The molecule has 3 unspecified atom stereocenters. The molecule has 102 valence electrons. The fourth-order valence-electron chi connectivity index (χ4n) is 3.28. The fraction of sp³-hybridized carbons (Fsp3) is 0.846.